The summed E-state index contributed by atoms with van der Waals surface area (Å²) in [6.45, 7) is 1.41. The molecule has 1 fully saturated rings. The van der Waals surface area contributed by atoms with Crippen molar-refractivity contribution in [1.29, 1.82) is 0 Å². The van der Waals surface area contributed by atoms with Gasteiger partial charge in [-0.25, -0.2) is 9.37 Å². The van der Waals surface area contributed by atoms with Gasteiger partial charge < -0.3 is 20.1 Å². The molecule has 3 heterocycles. The maximum atomic E-state index is 16.1. The first-order valence-electron chi connectivity index (χ1n) is 10.7. The van der Waals surface area contributed by atoms with E-state index < -0.39 is 5.82 Å². The maximum Gasteiger partial charge on any atom is 0.318 e. The van der Waals surface area contributed by atoms with Gasteiger partial charge in [-0.15, -0.1) is 0 Å². The average Bonchev–Trinajstić information content (AvgIpc) is 3.04. The molecule has 0 radical (unpaired) electrons. The number of anilines is 2. The number of benzene rings is 2. The molecule has 10 heteroatoms. The van der Waals surface area contributed by atoms with Gasteiger partial charge in [-0.1, -0.05) is 35.1 Å². The molecule has 1 unspecified atom stereocenters. The van der Waals surface area contributed by atoms with Crippen molar-refractivity contribution in [2.45, 2.75) is 25.4 Å². The van der Waals surface area contributed by atoms with Gasteiger partial charge in [-0.05, 0) is 31.4 Å². The van der Waals surface area contributed by atoms with Crippen LogP contribution in [0.1, 0.15) is 19.3 Å². The molecule has 7 nitrogen and oxygen atoms in total. The molecule has 2 aromatic heterocycles. The number of thiazole rings is 1. The number of methoxy groups -OCH3 is 2. The van der Waals surface area contributed by atoms with Gasteiger partial charge >= 0.3 is 6.01 Å². The molecule has 1 aliphatic rings. The van der Waals surface area contributed by atoms with Crippen molar-refractivity contribution in [3.8, 4) is 17.1 Å². The Balaban J connectivity index is 1.74. The van der Waals surface area contributed by atoms with Crippen molar-refractivity contribution in [2.24, 2.45) is 0 Å². The van der Waals surface area contributed by atoms with Gasteiger partial charge in [0.2, 0.25) is 0 Å². The van der Waals surface area contributed by atoms with Crippen LogP contribution in [0.2, 0.25) is 5.02 Å². The molecule has 172 valence electrons. The van der Waals surface area contributed by atoms with Crippen molar-refractivity contribution < 1.29 is 13.9 Å². The first kappa shape index (κ1) is 22.1. The number of para-hydroxylation sites is 1. The predicted molar refractivity (Wildman–Crippen MR) is 131 cm³/mol. The molecule has 0 aliphatic carbocycles. The van der Waals surface area contributed by atoms with Crippen LogP contribution in [-0.2, 0) is 4.74 Å². The minimum Gasteiger partial charge on any atom is -0.467 e. The van der Waals surface area contributed by atoms with Crippen molar-refractivity contribution in [1.82, 2.24) is 15.0 Å². The van der Waals surface area contributed by atoms with Gasteiger partial charge in [0, 0.05) is 36.7 Å². The summed E-state index contributed by atoms with van der Waals surface area (Å²) in [6.07, 6.45) is 3.06. The monoisotopic (exact) mass is 487 g/mol. The topological polar surface area (TPSA) is 86.4 Å². The number of nitrogens with two attached hydrogens (primary N) is 1. The highest BCUT2D eigenvalue weighted by molar-refractivity contribution is 7.22. The quantitative estimate of drug-likeness (QED) is 0.418. The van der Waals surface area contributed by atoms with E-state index in [1.54, 1.807) is 19.2 Å². The third-order valence-corrected chi connectivity index (χ3v) is 7.14. The smallest absolute Gasteiger partial charge is 0.318 e. The Morgan fingerprint density at radius 3 is 2.82 bits per heavy atom. The highest BCUT2D eigenvalue weighted by Crippen LogP contribution is 2.42. The van der Waals surface area contributed by atoms with Crippen LogP contribution in [0.25, 0.3) is 32.2 Å². The van der Waals surface area contributed by atoms with Gasteiger partial charge in [-0.2, -0.15) is 9.97 Å². The third-order valence-electron chi connectivity index (χ3n) is 5.99. The van der Waals surface area contributed by atoms with Crippen LogP contribution in [0, 0.1) is 5.82 Å². The lowest BCUT2D eigenvalue weighted by Crippen LogP contribution is -2.32. The molecule has 4 aromatic rings. The number of nitrogen functional groups attached to an aromatic ring is 1. The number of halogens is 2. The van der Waals surface area contributed by atoms with E-state index in [-0.39, 0.29) is 28.2 Å². The van der Waals surface area contributed by atoms with E-state index in [0.717, 1.165) is 30.5 Å². The molecule has 0 saturated carbocycles. The fourth-order valence-corrected chi connectivity index (χ4v) is 5.45. The number of aromatic nitrogens is 3. The Morgan fingerprint density at radius 1 is 1.18 bits per heavy atom. The Labute approximate surface area is 199 Å². The number of fused-ring (bicyclic) bond motifs is 2. The Kier molecular flexibility index (Phi) is 5.94. The summed E-state index contributed by atoms with van der Waals surface area (Å²) in [5.74, 6) is 0.0425. The molecule has 5 rings (SSSR count). The zero-order chi connectivity index (χ0) is 23.1. The summed E-state index contributed by atoms with van der Waals surface area (Å²) in [7, 11) is 3.18. The summed E-state index contributed by atoms with van der Waals surface area (Å²) >= 11 is 8.04. The van der Waals surface area contributed by atoms with Crippen LogP contribution in [0.3, 0.4) is 0 Å². The molecule has 0 bridgehead atoms. The molecule has 0 spiro atoms. The van der Waals surface area contributed by atoms with Crippen LogP contribution >= 0.6 is 22.9 Å². The molecule has 2 N–H and O–H groups in total. The minimum absolute atomic E-state index is 0.0656. The Bertz CT molecular complexity index is 1350. The second-order valence-electron chi connectivity index (χ2n) is 7.98. The second kappa shape index (κ2) is 8.89. The fraction of sp³-hybridized carbons (Fsp3) is 0.348. The van der Waals surface area contributed by atoms with Gasteiger partial charge in [0.05, 0.1) is 28.5 Å². The highest BCUT2D eigenvalue weighted by atomic mass is 35.5. The normalized spacial score (nSPS) is 17.0. The lowest BCUT2D eigenvalue weighted by Gasteiger charge is -2.26. The first-order valence-corrected chi connectivity index (χ1v) is 11.9. The molecule has 1 aliphatic heterocycles. The molecule has 2 aromatic carbocycles. The van der Waals surface area contributed by atoms with Crippen molar-refractivity contribution >= 4 is 55.0 Å². The maximum absolute atomic E-state index is 16.1. The standard InChI is InChI=1S/C23H23ClFN5O2S/c1-31-12-6-3-4-9-30(11-12)21-14-10-15(24)17(18(25)20(14)28-23(29-21)32-2)13-7-5-8-16-19(13)27-22(26)33-16/h5,7-8,10,12H,3-4,6,9,11H2,1-2H3,(H2,26,27). The summed E-state index contributed by atoms with van der Waals surface area (Å²) in [5.41, 5.74) is 7.47. The molecular weight excluding hydrogens is 465 g/mol. The highest BCUT2D eigenvalue weighted by Gasteiger charge is 2.26. The van der Waals surface area contributed by atoms with Gasteiger partial charge in [0.1, 0.15) is 11.3 Å². The third kappa shape index (κ3) is 3.94. The molecule has 0 amide bonds. The zero-order valence-corrected chi connectivity index (χ0v) is 19.8. The van der Waals surface area contributed by atoms with Gasteiger partial charge in [0.25, 0.3) is 0 Å². The van der Waals surface area contributed by atoms with Crippen molar-refractivity contribution in [2.75, 3.05) is 37.9 Å². The van der Waals surface area contributed by atoms with Crippen molar-refractivity contribution in [3.05, 3.63) is 35.1 Å². The molecule has 33 heavy (non-hydrogen) atoms. The summed E-state index contributed by atoms with van der Waals surface area (Å²) in [4.78, 5) is 15.4. The zero-order valence-electron chi connectivity index (χ0n) is 18.3. The van der Waals surface area contributed by atoms with E-state index in [2.05, 4.69) is 19.9 Å². The fourth-order valence-electron chi connectivity index (χ4n) is 4.39. The number of hydrogen-bond donors (Lipinski definition) is 1. The summed E-state index contributed by atoms with van der Waals surface area (Å²) in [5, 5.41) is 1.20. The lowest BCUT2D eigenvalue weighted by atomic mass is 10.0. The van der Waals surface area contributed by atoms with E-state index in [1.165, 1.54) is 18.4 Å². The Morgan fingerprint density at radius 2 is 2.03 bits per heavy atom. The average molecular weight is 488 g/mol. The minimum atomic E-state index is -0.545. The van der Waals surface area contributed by atoms with E-state index in [0.29, 0.717) is 34.0 Å². The number of ether oxygens (including phenoxy) is 2. The Hall–Kier alpha value is -2.75. The van der Waals surface area contributed by atoms with Crippen LogP contribution in [0.15, 0.2) is 24.3 Å². The van der Waals surface area contributed by atoms with Crippen LogP contribution in [0.5, 0.6) is 6.01 Å². The largest absolute Gasteiger partial charge is 0.467 e. The van der Waals surface area contributed by atoms with Crippen LogP contribution < -0.4 is 15.4 Å². The predicted octanol–water partition coefficient (Wildman–Crippen LogP) is 5.30. The number of hydrogen-bond acceptors (Lipinski definition) is 8. The van der Waals surface area contributed by atoms with Gasteiger partial charge in [0.15, 0.2) is 10.9 Å². The summed E-state index contributed by atoms with van der Waals surface area (Å²) < 4.78 is 27.9. The van der Waals surface area contributed by atoms with Crippen LogP contribution in [0.4, 0.5) is 15.3 Å². The SMILES string of the molecule is COc1nc(N2CCCCC(OC)C2)c2cc(Cl)c(-c3cccc4sc(N)nc34)c(F)c2n1. The molecular formula is C23H23ClFN5O2S. The summed E-state index contributed by atoms with van der Waals surface area (Å²) in [6, 6.07) is 7.34. The van der Waals surface area contributed by atoms with E-state index in [9.17, 15) is 0 Å². The second-order valence-corrected chi connectivity index (χ2v) is 9.45. The van der Waals surface area contributed by atoms with E-state index in [4.69, 9.17) is 26.8 Å². The van der Waals surface area contributed by atoms with Crippen molar-refractivity contribution in [3.63, 3.8) is 0 Å². The molecule has 1 saturated heterocycles. The number of rotatable bonds is 4. The molecule has 1 atom stereocenters. The van der Waals surface area contributed by atoms with E-state index >= 15 is 4.39 Å². The van der Waals surface area contributed by atoms with Crippen LogP contribution in [-0.4, -0.2) is 48.4 Å². The lowest BCUT2D eigenvalue weighted by molar-refractivity contribution is 0.103. The number of nitrogens with zero attached hydrogens (tertiary/aromatic N) is 4. The first-order chi connectivity index (χ1) is 16.0. The van der Waals surface area contributed by atoms with E-state index in [1.807, 2.05) is 12.1 Å². The van der Waals surface area contributed by atoms with Gasteiger partial charge in [-0.3, -0.25) is 0 Å².